The van der Waals surface area contributed by atoms with Crippen LogP contribution in [0.1, 0.15) is 110 Å². The molecule has 21 heavy (non-hydrogen) atoms. The Balaban J connectivity index is 2.96. The summed E-state index contributed by atoms with van der Waals surface area (Å²) in [7, 11) is 0. The standard InChI is InChI=1S/C19H40O2/c1-2-19(21)17-15-13-11-9-7-5-3-4-6-8-10-12-14-16-18-20/h19-21H,2-18H2,1H3. The molecule has 0 bridgehead atoms. The van der Waals surface area contributed by atoms with Crippen LogP contribution >= 0.6 is 0 Å². The first-order valence-electron chi connectivity index (χ1n) is 9.60. The largest absolute Gasteiger partial charge is 0.396 e. The van der Waals surface area contributed by atoms with E-state index < -0.39 is 0 Å². The summed E-state index contributed by atoms with van der Waals surface area (Å²) in [6.45, 7) is 2.42. The molecule has 0 radical (unpaired) electrons. The van der Waals surface area contributed by atoms with Crippen LogP contribution in [0.5, 0.6) is 0 Å². The third-order valence-corrected chi connectivity index (χ3v) is 4.42. The SMILES string of the molecule is CCC(O)CCCCCCCCCCCCCCCCO. The Morgan fingerprint density at radius 1 is 0.571 bits per heavy atom. The average molecular weight is 301 g/mol. The summed E-state index contributed by atoms with van der Waals surface area (Å²) < 4.78 is 0. The fourth-order valence-corrected chi connectivity index (χ4v) is 2.82. The molecule has 0 spiro atoms. The predicted molar refractivity (Wildman–Crippen MR) is 92.6 cm³/mol. The molecule has 0 amide bonds. The molecule has 0 rings (SSSR count). The summed E-state index contributed by atoms with van der Waals surface area (Å²) in [6, 6.07) is 0. The molecule has 2 nitrogen and oxygen atoms in total. The third-order valence-electron chi connectivity index (χ3n) is 4.42. The van der Waals surface area contributed by atoms with Crippen LogP contribution in [0.15, 0.2) is 0 Å². The molecule has 0 saturated heterocycles. The molecular formula is C19H40O2. The van der Waals surface area contributed by atoms with Gasteiger partial charge in [-0.3, -0.25) is 0 Å². The van der Waals surface area contributed by atoms with Crippen LogP contribution in [0.25, 0.3) is 0 Å². The zero-order valence-corrected chi connectivity index (χ0v) is 14.5. The highest BCUT2D eigenvalue weighted by Crippen LogP contribution is 2.14. The maximum atomic E-state index is 9.45. The molecule has 0 fully saturated rings. The molecule has 0 aromatic carbocycles. The number of aliphatic hydroxyl groups is 2. The Hall–Kier alpha value is -0.0800. The molecule has 0 aromatic heterocycles. The topological polar surface area (TPSA) is 40.5 Å². The molecule has 128 valence electrons. The van der Waals surface area contributed by atoms with Crippen molar-refractivity contribution in [1.29, 1.82) is 0 Å². The lowest BCUT2D eigenvalue weighted by Crippen LogP contribution is -2.03. The van der Waals surface area contributed by atoms with Gasteiger partial charge in [-0.15, -0.1) is 0 Å². The lowest BCUT2D eigenvalue weighted by Gasteiger charge is -2.06. The number of hydrogen-bond donors (Lipinski definition) is 2. The van der Waals surface area contributed by atoms with Gasteiger partial charge in [-0.05, 0) is 19.3 Å². The molecule has 1 unspecified atom stereocenters. The second-order valence-corrected chi connectivity index (χ2v) is 6.52. The van der Waals surface area contributed by atoms with E-state index in [2.05, 4.69) is 6.92 Å². The second kappa shape index (κ2) is 18.0. The van der Waals surface area contributed by atoms with Crippen molar-refractivity contribution in [3.05, 3.63) is 0 Å². The van der Waals surface area contributed by atoms with Gasteiger partial charge in [0.15, 0.2) is 0 Å². The van der Waals surface area contributed by atoms with E-state index in [1.807, 2.05) is 0 Å². The van der Waals surface area contributed by atoms with Gasteiger partial charge in [0.05, 0.1) is 6.10 Å². The van der Waals surface area contributed by atoms with Crippen LogP contribution in [-0.4, -0.2) is 22.9 Å². The maximum Gasteiger partial charge on any atom is 0.0537 e. The van der Waals surface area contributed by atoms with Crippen molar-refractivity contribution in [3.8, 4) is 0 Å². The van der Waals surface area contributed by atoms with E-state index in [1.165, 1.54) is 83.5 Å². The minimum absolute atomic E-state index is 0.0614. The molecule has 0 aliphatic carbocycles. The Labute approximate surface area is 133 Å². The van der Waals surface area contributed by atoms with Crippen molar-refractivity contribution in [2.45, 2.75) is 116 Å². The minimum atomic E-state index is -0.0614. The summed E-state index contributed by atoms with van der Waals surface area (Å²) in [5.74, 6) is 0. The van der Waals surface area contributed by atoms with Gasteiger partial charge in [0, 0.05) is 6.61 Å². The van der Waals surface area contributed by atoms with Crippen molar-refractivity contribution < 1.29 is 10.2 Å². The Morgan fingerprint density at radius 2 is 0.905 bits per heavy atom. The molecular weight excluding hydrogens is 260 g/mol. The third kappa shape index (κ3) is 17.9. The smallest absolute Gasteiger partial charge is 0.0537 e. The molecule has 0 aliphatic rings. The van der Waals surface area contributed by atoms with E-state index in [0.29, 0.717) is 6.61 Å². The number of hydrogen-bond acceptors (Lipinski definition) is 2. The Morgan fingerprint density at radius 3 is 1.24 bits per heavy atom. The first-order chi connectivity index (χ1) is 10.3. The fourth-order valence-electron chi connectivity index (χ4n) is 2.82. The Kier molecular flexibility index (Phi) is 17.9. The van der Waals surface area contributed by atoms with Crippen LogP contribution in [0, 0.1) is 0 Å². The van der Waals surface area contributed by atoms with Crippen LogP contribution < -0.4 is 0 Å². The lowest BCUT2D eigenvalue weighted by atomic mass is 10.0. The quantitative estimate of drug-likeness (QED) is 0.343. The molecule has 0 aliphatic heterocycles. The van der Waals surface area contributed by atoms with Gasteiger partial charge in [0.1, 0.15) is 0 Å². The first kappa shape index (κ1) is 20.9. The fraction of sp³-hybridized carbons (Fsp3) is 1.00. The zero-order chi connectivity index (χ0) is 15.6. The van der Waals surface area contributed by atoms with Crippen molar-refractivity contribution in [3.63, 3.8) is 0 Å². The van der Waals surface area contributed by atoms with E-state index in [9.17, 15) is 5.11 Å². The van der Waals surface area contributed by atoms with Crippen molar-refractivity contribution in [2.75, 3.05) is 6.61 Å². The first-order valence-corrected chi connectivity index (χ1v) is 9.60. The van der Waals surface area contributed by atoms with Crippen LogP contribution in [-0.2, 0) is 0 Å². The normalized spacial score (nSPS) is 12.7. The van der Waals surface area contributed by atoms with E-state index in [0.717, 1.165) is 19.3 Å². The molecule has 0 heterocycles. The van der Waals surface area contributed by atoms with Gasteiger partial charge >= 0.3 is 0 Å². The predicted octanol–water partition coefficient (Wildman–Crippen LogP) is 5.60. The van der Waals surface area contributed by atoms with Gasteiger partial charge < -0.3 is 10.2 Å². The van der Waals surface area contributed by atoms with E-state index in [4.69, 9.17) is 5.11 Å². The highest BCUT2D eigenvalue weighted by atomic mass is 16.3. The van der Waals surface area contributed by atoms with E-state index >= 15 is 0 Å². The molecule has 2 heteroatoms. The van der Waals surface area contributed by atoms with E-state index in [-0.39, 0.29) is 6.10 Å². The number of aliphatic hydroxyl groups excluding tert-OH is 2. The van der Waals surface area contributed by atoms with Crippen LogP contribution in [0.4, 0.5) is 0 Å². The zero-order valence-electron chi connectivity index (χ0n) is 14.5. The van der Waals surface area contributed by atoms with Crippen molar-refractivity contribution in [1.82, 2.24) is 0 Å². The molecule has 0 saturated carbocycles. The monoisotopic (exact) mass is 300 g/mol. The molecule has 1 atom stereocenters. The highest BCUT2D eigenvalue weighted by Gasteiger charge is 1.99. The second-order valence-electron chi connectivity index (χ2n) is 6.52. The summed E-state index contributed by atoms with van der Waals surface area (Å²) in [5.41, 5.74) is 0. The highest BCUT2D eigenvalue weighted by molar-refractivity contribution is 4.53. The van der Waals surface area contributed by atoms with Gasteiger partial charge in [-0.2, -0.15) is 0 Å². The van der Waals surface area contributed by atoms with Crippen LogP contribution in [0.3, 0.4) is 0 Å². The minimum Gasteiger partial charge on any atom is -0.396 e. The van der Waals surface area contributed by atoms with Gasteiger partial charge in [0.2, 0.25) is 0 Å². The number of rotatable bonds is 17. The summed E-state index contributed by atoms with van der Waals surface area (Å²) in [5, 5.41) is 18.1. The summed E-state index contributed by atoms with van der Waals surface area (Å²) in [6.07, 6.45) is 20.3. The Bertz CT molecular complexity index is 182. The number of unbranched alkanes of at least 4 members (excludes halogenated alkanes) is 13. The summed E-state index contributed by atoms with van der Waals surface area (Å²) >= 11 is 0. The van der Waals surface area contributed by atoms with Crippen molar-refractivity contribution >= 4 is 0 Å². The van der Waals surface area contributed by atoms with Crippen molar-refractivity contribution in [2.24, 2.45) is 0 Å². The maximum absolute atomic E-state index is 9.45. The summed E-state index contributed by atoms with van der Waals surface area (Å²) in [4.78, 5) is 0. The van der Waals surface area contributed by atoms with Crippen LogP contribution in [0.2, 0.25) is 0 Å². The van der Waals surface area contributed by atoms with Gasteiger partial charge in [-0.1, -0.05) is 90.4 Å². The average Bonchev–Trinajstić information content (AvgIpc) is 2.50. The molecule has 2 N–H and O–H groups in total. The van der Waals surface area contributed by atoms with Gasteiger partial charge in [-0.25, -0.2) is 0 Å². The van der Waals surface area contributed by atoms with Gasteiger partial charge in [0.25, 0.3) is 0 Å². The lowest BCUT2D eigenvalue weighted by molar-refractivity contribution is 0.156. The molecule has 0 aromatic rings. The van der Waals surface area contributed by atoms with E-state index in [1.54, 1.807) is 0 Å².